The van der Waals surface area contributed by atoms with E-state index >= 15 is 0 Å². The maximum absolute atomic E-state index is 11.4. The first kappa shape index (κ1) is 16.2. The summed E-state index contributed by atoms with van der Waals surface area (Å²) in [6.45, 7) is 0. The number of ether oxygens (including phenoxy) is 1. The summed E-state index contributed by atoms with van der Waals surface area (Å²) < 4.78 is 5.85. The molecule has 0 spiro atoms. The Kier molecular flexibility index (Phi) is 4.82. The molecule has 0 saturated carbocycles. The van der Waals surface area contributed by atoms with Crippen molar-refractivity contribution in [2.24, 2.45) is 0 Å². The number of rotatable bonds is 3. The van der Waals surface area contributed by atoms with Crippen LogP contribution in [0.1, 0.15) is 9.67 Å². The molecule has 0 saturated heterocycles. The normalized spacial score (nSPS) is 10.7. The van der Waals surface area contributed by atoms with Crippen LogP contribution in [0.3, 0.4) is 0 Å². The molecule has 0 radical (unpaired) electrons. The lowest BCUT2D eigenvalue weighted by Crippen LogP contribution is -2.03. The van der Waals surface area contributed by atoms with Gasteiger partial charge >= 0.3 is 5.97 Å². The highest BCUT2D eigenvalue weighted by molar-refractivity contribution is 8.22. The van der Waals surface area contributed by atoms with Gasteiger partial charge in [-0.05, 0) is 60.4 Å². The summed E-state index contributed by atoms with van der Waals surface area (Å²) in [5.74, 6) is -0.834. The van der Waals surface area contributed by atoms with Gasteiger partial charge < -0.3 is 9.84 Å². The number of nitrogens with zero attached hydrogens (tertiary/aromatic N) is 1. The van der Waals surface area contributed by atoms with Gasteiger partial charge in [0.25, 0.3) is 0 Å². The van der Waals surface area contributed by atoms with Crippen molar-refractivity contribution in [3.05, 3.63) is 52.5 Å². The molecule has 1 aromatic carbocycles. The second kappa shape index (κ2) is 6.84. The van der Waals surface area contributed by atoms with E-state index in [1.165, 1.54) is 11.8 Å². The van der Waals surface area contributed by atoms with Crippen molar-refractivity contribution >= 4 is 67.5 Å². The number of carboxylic acids is 1. The molecule has 2 heterocycles. The van der Waals surface area contributed by atoms with Gasteiger partial charge in [-0.25, -0.2) is 9.78 Å². The summed E-state index contributed by atoms with van der Waals surface area (Å²) in [6.07, 6.45) is 1.61. The second-order valence-corrected chi connectivity index (χ2v) is 7.44. The average molecular weight is 382 g/mol. The van der Waals surface area contributed by atoms with E-state index in [1.807, 2.05) is 12.1 Å². The molecule has 4 nitrogen and oxygen atoms in total. The van der Waals surface area contributed by atoms with E-state index in [4.69, 9.17) is 28.6 Å². The Bertz CT molecular complexity index is 893. The highest BCUT2D eigenvalue weighted by atomic mass is 35.5. The Labute approximate surface area is 150 Å². The molecule has 0 aliphatic carbocycles. The molecule has 0 amide bonds. The van der Waals surface area contributed by atoms with Crippen molar-refractivity contribution < 1.29 is 14.6 Å². The number of halogens is 1. The van der Waals surface area contributed by atoms with Crippen molar-refractivity contribution in [2.45, 2.75) is 4.90 Å². The molecule has 23 heavy (non-hydrogen) atoms. The first-order chi connectivity index (χ1) is 11.0. The first-order valence-corrected chi connectivity index (χ1v) is 8.72. The number of benzene rings is 1. The largest absolute Gasteiger partial charge is 0.477 e. The minimum absolute atomic E-state index is 0.0813. The van der Waals surface area contributed by atoms with E-state index in [9.17, 15) is 9.90 Å². The molecule has 116 valence electrons. The molecule has 1 N–H and O–H groups in total. The third-order valence-electron chi connectivity index (χ3n) is 2.82. The molecule has 0 unspecified atom stereocenters. The predicted octanol–water partition coefficient (Wildman–Crippen LogP) is 5.10. The molecule has 0 bridgehead atoms. The Hall–Kier alpha value is -1.67. The number of carbonyl (C=O) groups is 1. The number of thioether (sulfide) groups is 1. The van der Waals surface area contributed by atoms with Crippen molar-refractivity contribution in [1.82, 2.24) is 4.98 Å². The zero-order chi connectivity index (χ0) is 16.4. The van der Waals surface area contributed by atoms with Crippen LogP contribution in [0.5, 0.6) is 5.75 Å². The number of aromatic nitrogens is 1. The summed E-state index contributed by atoms with van der Waals surface area (Å²) in [7, 11) is 0. The molecule has 0 aliphatic heterocycles. The van der Waals surface area contributed by atoms with Gasteiger partial charge in [-0.3, -0.25) is 0 Å². The van der Waals surface area contributed by atoms with Crippen LogP contribution >= 0.6 is 46.9 Å². The number of fused-ring (bicyclic) bond motifs is 1. The highest BCUT2D eigenvalue weighted by Crippen LogP contribution is 2.38. The molecular formula is C15H8ClNO3S3. The standard InChI is InChI=1S/C15H8ClNO3S3/c16-8-3-5-9(6-4-8)22-15(21)20-11-10-2-1-7-17-13(10)23-12(11)14(18)19/h1-7H,(H,18,19). The van der Waals surface area contributed by atoms with Crippen molar-refractivity contribution in [2.75, 3.05) is 0 Å². The fraction of sp³-hybridized carbons (Fsp3) is 0. The van der Waals surface area contributed by atoms with Gasteiger partial charge in [0.2, 0.25) is 4.38 Å². The van der Waals surface area contributed by atoms with Crippen LogP contribution in [-0.4, -0.2) is 20.4 Å². The smallest absolute Gasteiger partial charge is 0.349 e. The highest BCUT2D eigenvalue weighted by Gasteiger charge is 2.21. The molecule has 3 aromatic rings. The maximum atomic E-state index is 11.4. The second-order valence-electron chi connectivity index (χ2n) is 4.33. The van der Waals surface area contributed by atoms with Crippen LogP contribution in [0.4, 0.5) is 0 Å². The summed E-state index contributed by atoms with van der Waals surface area (Å²) in [4.78, 5) is 17.1. The summed E-state index contributed by atoms with van der Waals surface area (Å²) in [5.41, 5.74) is 0. The monoisotopic (exact) mass is 381 g/mol. The first-order valence-electron chi connectivity index (χ1n) is 6.30. The van der Waals surface area contributed by atoms with E-state index in [1.54, 1.807) is 30.5 Å². The number of aromatic carboxylic acids is 1. The number of hydrogen-bond donors (Lipinski definition) is 1. The quantitative estimate of drug-likeness (QED) is 0.503. The topological polar surface area (TPSA) is 59.4 Å². The van der Waals surface area contributed by atoms with Crippen LogP contribution in [-0.2, 0) is 0 Å². The van der Waals surface area contributed by atoms with Crippen molar-refractivity contribution in [3.8, 4) is 5.75 Å². The molecule has 3 rings (SSSR count). The van der Waals surface area contributed by atoms with Gasteiger partial charge in [0.1, 0.15) is 4.83 Å². The zero-order valence-corrected chi connectivity index (χ0v) is 14.6. The van der Waals surface area contributed by atoms with Gasteiger partial charge in [-0.2, -0.15) is 0 Å². The lowest BCUT2D eigenvalue weighted by Gasteiger charge is -2.07. The number of thiocarbonyl (C=S) groups is 1. The molecule has 0 fully saturated rings. The van der Waals surface area contributed by atoms with E-state index in [0.29, 0.717) is 15.2 Å². The van der Waals surface area contributed by atoms with Crippen LogP contribution < -0.4 is 4.74 Å². The summed E-state index contributed by atoms with van der Waals surface area (Å²) in [5, 5.41) is 10.6. The van der Waals surface area contributed by atoms with Gasteiger partial charge in [-0.1, -0.05) is 11.6 Å². The molecule has 8 heteroatoms. The van der Waals surface area contributed by atoms with Crippen LogP contribution in [0.25, 0.3) is 10.2 Å². The van der Waals surface area contributed by atoms with Crippen molar-refractivity contribution in [1.29, 1.82) is 0 Å². The third kappa shape index (κ3) is 3.64. The lowest BCUT2D eigenvalue weighted by molar-refractivity contribution is 0.0700. The summed E-state index contributed by atoms with van der Waals surface area (Å²) >= 11 is 13.3. The Morgan fingerprint density at radius 1 is 1.30 bits per heavy atom. The number of hydrogen-bond acceptors (Lipinski definition) is 6. The maximum Gasteiger partial charge on any atom is 0.349 e. The molecule has 2 aromatic heterocycles. The van der Waals surface area contributed by atoms with Gasteiger partial charge in [0.15, 0.2) is 10.6 Å². The minimum atomic E-state index is -1.07. The van der Waals surface area contributed by atoms with E-state index in [2.05, 4.69) is 4.98 Å². The van der Waals surface area contributed by atoms with Crippen molar-refractivity contribution in [3.63, 3.8) is 0 Å². The SMILES string of the molecule is O=C(O)c1sc2ncccc2c1OC(=S)Sc1ccc(Cl)cc1. The fourth-order valence-corrected chi connectivity index (χ4v) is 3.85. The van der Waals surface area contributed by atoms with Crippen LogP contribution in [0.2, 0.25) is 5.02 Å². The average Bonchev–Trinajstić information content (AvgIpc) is 2.89. The molecular weight excluding hydrogens is 374 g/mol. The summed E-state index contributed by atoms with van der Waals surface area (Å²) in [6, 6.07) is 10.6. The Balaban J connectivity index is 1.88. The van der Waals surface area contributed by atoms with Crippen LogP contribution in [0, 0.1) is 0 Å². The molecule has 0 atom stereocenters. The van der Waals surface area contributed by atoms with Gasteiger partial charge in [-0.15, -0.1) is 11.3 Å². The number of thiophene rings is 1. The fourth-order valence-electron chi connectivity index (χ4n) is 1.86. The third-order valence-corrected chi connectivity index (χ3v) is 5.24. The number of carboxylic acid groups (broad SMARTS) is 1. The van der Waals surface area contributed by atoms with E-state index in [0.717, 1.165) is 16.2 Å². The van der Waals surface area contributed by atoms with E-state index in [-0.39, 0.29) is 15.0 Å². The predicted molar refractivity (Wildman–Crippen MR) is 97.1 cm³/mol. The van der Waals surface area contributed by atoms with E-state index < -0.39 is 5.97 Å². The lowest BCUT2D eigenvalue weighted by atomic mass is 10.3. The zero-order valence-electron chi connectivity index (χ0n) is 11.4. The minimum Gasteiger partial charge on any atom is -0.477 e. The van der Waals surface area contributed by atoms with Gasteiger partial charge in [0.05, 0.1) is 5.39 Å². The van der Waals surface area contributed by atoms with Gasteiger partial charge in [0, 0.05) is 16.1 Å². The number of pyridine rings is 1. The molecule has 0 aliphatic rings. The Morgan fingerprint density at radius 2 is 2.04 bits per heavy atom. The van der Waals surface area contributed by atoms with Crippen LogP contribution in [0.15, 0.2) is 47.5 Å². The Morgan fingerprint density at radius 3 is 2.74 bits per heavy atom.